The van der Waals surface area contributed by atoms with Crippen LogP contribution in [-0.4, -0.2) is 66.7 Å². The van der Waals surface area contributed by atoms with Gasteiger partial charge in [0.15, 0.2) is 5.79 Å². The lowest BCUT2D eigenvalue weighted by atomic mass is 9.90. The topological polar surface area (TPSA) is 96.3 Å². The number of likely N-dealkylation sites (N-methyl/N-ethyl adjacent to an activating group) is 1. The first-order valence-corrected chi connectivity index (χ1v) is 25.5. The molecule has 0 aromatic heterocycles. The molecule has 58 heavy (non-hydrogen) atoms. The van der Waals surface area contributed by atoms with E-state index < -0.39 is 0 Å². The first kappa shape index (κ1) is 58.9. The molecule has 0 bridgehead atoms. The Hall–Kier alpha value is -1.18. The van der Waals surface area contributed by atoms with Crippen molar-refractivity contribution in [3.05, 3.63) is 0 Å². The molecule has 1 atom stereocenters. The summed E-state index contributed by atoms with van der Waals surface area (Å²) in [4.78, 5) is 19.1. The van der Waals surface area contributed by atoms with Crippen LogP contribution in [0.3, 0.4) is 0 Å². The Morgan fingerprint density at radius 3 is 1.07 bits per heavy atom. The maximum absolute atomic E-state index is 8.36. The van der Waals surface area contributed by atoms with Crippen molar-refractivity contribution in [2.75, 3.05) is 26.7 Å². The Morgan fingerprint density at radius 1 is 0.500 bits per heavy atom. The second-order valence-electron chi connectivity index (χ2n) is 18.0. The van der Waals surface area contributed by atoms with E-state index in [0.29, 0.717) is 0 Å². The number of carbonyl (C=O) groups is 2. The zero-order valence-corrected chi connectivity index (χ0v) is 39.9. The lowest BCUT2D eigenvalue weighted by Gasteiger charge is -2.29. The predicted molar refractivity (Wildman–Crippen MR) is 250 cm³/mol. The fourth-order valence-corrected chi connectivity index (χ4v) is 8.94. The summed E-state index contributed by atoms with van der Waals surface area (Å²) in [5.74, 6) is 1.70. The van der Waals surface area contributed by atoms with Gasteiger partial charge in [-0.2, -0.15) is 0 Å². The van der Waals surface area contributed by atoms with Crippen molar-refractivity contribution in [3.63, 3.8) is 0 Å². The van der Waals surface area contributed by atoms with Gasteiger partial charge >= 0.3 is 0 Å². The second-order valence-corrected chi connectivity index (χ2v) is 18.0. The van der Waals surface area contributed by atoms with Crippen molar-refractivity contribution in [2.45, 2.75) is 278 Å². The molecule has 0 aromatic carbocycles. The zero-order valence-electron chi connectivity index (χ0n) is 39.9. The molecular formula is C51H103NO6. The van der Waals surface area contributed by atoms with Crippen LogP contribution in [-0.2, 0) is 19.1 Å². The van der Waals surface area contributed by atoms with E-state index in [1.807, 2.05) is 0 Å². The van der Waals surface area contributed by atoms with Crippen LogP contribution < -0.4 is 0 Å². The third-order valence-corrected chi connectivity index (χ3v) is 12.7. The van der Waals surface area contributed by atoms with E-state index in [9.17, 15) is 0 Å². The lowest BCUT2D eigenvalue weighted by molar-refractivity contribution is -0.180. The van der Waals surface area contributed by atoms with Crippen molar-refractivity contribution < 1.29 is 29.3 Å². The molecule has 7 nitrogen and oxygen atoms in total. The highest BCUT2D eigenvalue weighted by atomic mass is 16.7. The minimum atomic E-state index is -0.311. The van der Waals surface area contributed by atoms with Crippen molar-refractivity contribution in [1.82, 2.24) is 4.90 Å². The minimum Gasteiger partial charge on any atom is -0.483 e. The third-order valence-electron chi connectivity index (χ3n) is 12.7. The molecule has 1 heterocycles. The van der Waals surface area contributed by atoms with Gasteiger partial charge in [0, 0.05) is 19.4 Å². The van der Waals surface area contributed by atoms with E-state index in [-0.39, 0.29) is 24.8 Å². The summed E-state index contributed by atoms with van der Waals surface area (Å²) in [5.41, 5.74) is 0. The molecule has 7 heteroatoms. The molecular weight excluding hydrogens is 723 g/mol. The van der Waals surface area contributed by atoms with Crippen molar-refractivity contribution in [1.29, 1.82) is 0 Å². The molecule has 1 rings (SSSR count). The van der Waals surface area contributed by atoms with Gasteiger partial charge in [-0.15, -0.1) is 0 Å². The number of carboxylic acid groups (broad SMARTS) is 2. The molecule has 348 valence electrons. The number of rotatable bonds is 41. The fourth-order valence-electron chi connectivity index (χ4n) is 8.94. The SMILES string of the molecule is CCCCCC(CCCCC)CCCCCCCCCCC1(CCCCCCCCCCC(CCCCC)CCCCC)OCC(CN(C)CC)O1.O=CO.O=CO. The van der Waals surface area contributed by atoms with Crippen LogP contribution in [0.1, 0.15) is 266 Å². The number of nitrogens with zero attached hydrogens (tertiary/aromatic N) is 1. The lowest BCUT2D eigenvalue weighted by Crippen LogP contribution is -2.34. The van der Waals surface area contributed by atoms with Gasteiger partial charge in [0.25, 0.3) is 12.9 Å². The van der Waals surface area contributed by atoms with Gasteiger partial charge in [0.1, 0.15) is 0 Å². The second kappa shape index (κ2) is 46.9. The first-order valence-electron chi connectivity index (χ1n) is 25.5. The molecule has 0 spiro atoms. The largest absolute Gasteiger partial charge is 0.483 e. The molecule has 0 radical (unpaired) electrons. The van der Waals surface area contributed by atoms with Crippen LogP contribution in [0.15, 0.2) is 0 Å². The first-order chi connectivity index (χ1) is 28.3. The van der Waals surface area contributed by atoms with E-state index in [0.717, 1.165) is 44.4 Å². The van der Waals surface area contributed by atoms with E-state index in [2.05, 4.69) is 46.6 Å². The van der Waals surface area contributed by atoms with E-state index in [1.165, 1.54) is 218 Å². The number of hydrogen-bond donors (Lipinski definition) is 2. The van der Waals surface area contributed by atoms with E-state index >= 15 is 0 Å². The van der Waals surface area contributed by atoms with Gasteiger partial charge in [-0.05, 0) is 38.3 Å². The Morgan fingerprint density at radius 2 is 0.776 bits per heavy atom. The summed E-state index contributed by atoms with van der Waals surface area (Å²) < 4.78 is 13.3. The summed E-state index contributed by atoms with van der Waals surface area (Å²) in [7, 11) is 2.21. The predicted octanol–water partition coefficient (Wildman–Crippen LogP) is 15.8. The van der Waals surface area contributed by atoms with E-state index in [1.54, 1.807) is 0 Å². The van der Waals surface area contributed by atoms with Gasteiger partial charge in [-0.25, -0.2) is 0 Å². The maximum Gasteiger partial charge on any atom is 0.290 e. The molecule has 0 aromatic rings. The Bertz CT molecular complexity index is 742. The average Bonchev–Trinajstić information content (AvgIpc) is 3.61. The Kier molecular flexibility index (Phi) is 47.6. The van der Waals surface area contributed by atoms with Crippen LogP contribution in [0.4, 0.5) is 0 Å². The van der Waals surface area contributed by atoms with Crippen molar-refractivity contribution >= 4 is 12.9 Å². The monoisotopic (exact) mass is 826 g/mol. The number of unbranched alkanes of at least 4 members (excludes halogenated alkanes) is 22. The summed E-state index contributed by atoms with van der Waals surface area (Å²) in [5, 5.41) is 13.8. The minimum absolute atomic E-state index is 0.237. The highest BCUT2D eigenvalue weighted by Gasteiger charge is 2.40. The van der Waals surface area contributed by atoms with Crippen molar-refractivity contribution in [2.24, 2.45) is 11.8 Å². The Balaban J connectivity index is 0. The summed E-state index contributed by atoms with van der Waals surface area (Å²) in [6.45, 7) is 13.9. The van der Waals surface area contributed by atoms with Gasteiger partial charge < -0.3 is 24.6 Å². The molecule has 1 aliphatic heterocycles. The summed E-state index contributed by atoms with van der Waals surface area (Å²) in [6.07, 6.45) is 50.7. The summed E-state index contributed by atoms with van der Waals surface area (Å²) in [6, 6.07) is 0. The molecule has 0 amide bonds. The molecule has 0 aliphatic carbocycles. The fraction of sp³-hybridized carbons (Fsp3) is 0.961. The van der Waals surface area contributed by atoms with Crippen LogP contribution >= 0.6 is 0 Å². The van der Waals surface area contributed by atoms with Gasteiger partial charge in [-0.1, -0.05) is 240 Å². The standard InChI is InChI=1S/C49H99NO2.2CH2O2/c1-7-12-28-36-46(37-29-13-8-2)40-32-24-20-16-18-22-26-34-42-49(51-45-48(52-49)44-50(6)11-5)43-35-27-23-19-17-21-25-33-41-47(38-30-14-9-3)39-31-15-10-4;2*2-1-3/h46-48H,7-45H2,1-6H3;2*1H,(H,2,3). The summed E-state index contributed by atoms with van der Waals surface area (Å²) >= 11 is 0. The van der Waals surface area contributed by atoms with Crippen LogP contribution in [0.25, 0.3) is 0 Å². The molecule has 2 N–H and O–H groups in total. The third kappa shape index (κ3) is 39.0. The molecule has 1 unspecified atom stereocenters. The van der Waals surface area contributed by atoms with Gasteiger partial charge in [0.2, 0.25) is 0 Å². The van der Waals surface area contributed by atoms with Crippen molar-refractivity contribution in [3.8, 4) is 0 Å². The molecule has 0 saturated carbocycles. The Labute approximate surface area is 362 Å². The normalized spacial score (nSPS) is 14.7. The molecule has 1 fully saturated rings. The zero-order chi connectivity index (χ0) is 43.2. The van der Waals surface area contributed by atoms with Crippen LogP contribution in [0.2, 0.25) is 0 Å². The quantitative estimate of drug-likeness (QED) is 0.0468. The highest BCUT2D eigenvalue weighted by molar-refractivity contribution is 5.33. The van der Waals surface area contributed by atoms with Crippen LogP contribution in [0.5, 0.6) is 0 Å². The smallest absolute Gasteiger partial charge is 0.290 e. The molecule has 1 aliphatic rings. The molecule has 1 saturated heterocycles. The maximum atomic E-state index is 8.36. The van der Waals surface area contributed by atoms with Crippen LogP contribution in [0, 0.1) is 11.8 Å². The number of hydrogen-bond acceptors (Lipinski definition) is 5. The van der Waals surface area contributed by atoms with E-state index in [4.69, 9.17) is 29.3 Å². The highest BCUT2D eigenvalue weighted by Crippen LogP contribution is 2.35. The van der Waals surface area contributed by atoms with Gasteiger partial charge in [0.05, 0.1) is 12.7 Å². The van der Waals surface area contributed by atoms with Gasteiger partial charge in [-0.3, -0.25) is 9.59 Å². The average molecular weight is 826 g/mol. The number of ether oxygens (including phenoxy) is 2.